The Balaban J connectivity index is 1.96. The van der Waals surface area contributed by atoms with Crippen LogP contribution in [0.5, 0.6) is 0 Å². The molecule has 0 spiro atoms. The van der Waals surface area contributed by atoms with Crippen molar-refractivity contribution in [3.63, 3.8) is 0 Å². The summed E-state index contributed by atoms with van der Waals surface area (Å²) >= 11 is 1.54. The van der Waals surface area contributed by atoms with E-state index in [0.717, 1.165) is 18.8 Å². The highest BCUT2D eigenvalue weighted by Gasteiger charge is 2.33. The number of ether oxygens (including phenoxy) is 1. The Morgan fingerprint density at radius 1 is 1.27 bits per heavy atom. The van der Waals surface area contributed by atoms with Crippen LogP contribution in [-0.2, 0) is 14.9 Å². The van der Waals surface area contributed by atoms with Crippen molar-refractivity contribution in [2.24, 2.45) is 0 Å². The van der Waals surface area contributed by atoms with Crippen molar-refractivity contribution < 1.29 is 14.1 Å². The topological polar surface area (TPSA) is 67.6 Å². The van der Waals surface area contributed by atoms with Crippen LogP contribution in [0.25, 0.3) is 0 Å². The smallest absolute Gasteiger partial charge is 0.243 e. The predicted molar refractivity (Wildman–Crippen MR) is 87.9 cm³/mol. The average Bonchev–Trinajstić information content (AvgIpc) is 2.88. The number of morpholine rings is 1. The Labute approximate surface area is 136 Å². The third kappa shape index (κ3) is 4.47. The van der Waals surface area contributed by atoms with Crippen LogP contribution in [0.1, 0.15) is 40.3 Å². The average molecular weight is 327 g/mol. The molecular formula is C15H25N3O3S. The number of carbonyl (C=O) groups excluding carboxylic acids is 1. The molecule has 7 heteroatoms. The van der Waals surface area contributed by atoms with Gasteiger partial charge in [0.25, 0.3) is 0 Å². The van der Waals surface area contributed by atoms with Gasteiger partial charge in [-0.15, -0.1) is 0 Å². The number of hydrogen-bond donors (Lipinski definition) is 1. The fourth-order valence-corrected chi connectivity index (χ4v) is 3.06. The summed E-state index contributed by atoms with van der Waals surface area (Å²) in [7, 11) is 0. The normalized spacial score (nSPS) is 17.5. The number of rotatable bonds is 4. The maximum absolute atomic E-state index is 12.5. The van der Waals surface area contributed by atoms with Crippen LogP contribution in [0, 0.1) is 0 Å². The molecule has 6 nitrogen and oxygen atoms in total. The maximum Gasteiger partial charge on any atom is 0.243 e. The van der Waals surface area contributed by atoms with E-state index in [2.05, 4.69) is 35.5 Å². The fourth-order valence-electron chi connectivity index (χ4n) is 1.95. The molecule has 1 aromatic heterocycles. The summed E-state index contributed by atoms with van der Waals surface area (Å²) in [5, 5.41) is 6.83. The molecule has 1 amide bonds. The summed E-state index contributed by atoms with van der Waals surface area (Å²) in [5.41, 5.74) is 0.714. The number of aromatic nitrogens is 1. The molecule has 1 N–H and O–H groups in total. The van der Waals surface area contributed by atoms with Gasteiger partial charge in [-0.2, -0.15) is 0 Å². The van der Waals surface area contributed by atoms with E-state index in [0.29, 0.717) is 19.1 Å². The number of anilines is 1. The van der Waals surface area contributed by atoms with Crippen molar-refractivity contribution in [2.75, 3.05) is 31.6 Å². The monoisotopic (exact) mass is 327 g/mol. The molecule has 2 rings (SSSR count). The standard InChI is InChI=1S/C15H25N3O3S/c1-14(2,3)11-10-12(21-17-11)16-13(19)15(4,5)22-18-6-8-20-9-7-18/h10H,6-9H2,1-5H3,(H,16,19). The van der Waals surface area contributed by atoms with Gasteiger partial charge in [-0.25, -0.2) is 4.31 Å². The molecule has 1 aromatic rings. The van der Waals surface area contributed by atoms with Crippen molar-refractivity contribution in [3.05, 3.63) is 11.8 Å². The van der Waals surface area contributed by atoms with Gasteiger partial charge in [0, 0.05) is 24.6 Å². The van der Waals surface area contributed by atoms with E-state index in [1.807, 2.05) is 13.8 Å². The van der Waals surface area contributed by atoms with Crippen molar-refractivity contribution >= 4 is 23.7 Å². The van der Waals surface area contributed by atoms with E-state index in [-0.39, 0.29) is 11.3 Å². The number of amides is 1. The zero-order valence-electron chi connectivity index (χ0n) is 13.9. The van der Waals surface area contributed by atoms with Gasteiger partial charge in [0.1, 0.15) is 4.75 Å². The summed E-state index contributed by atoms with van der Waals surface area (Å²) in [6.45, 7) is 13.0. The lowest BCUT2D eigenvalue weighted by Gasteiger charge is -2.32. The van der Waals surface area contributed by atoms with Crippen LogP contribution in [0.4, 0.5) is 5.88 Å². The number of nitrogens with one attached hydrogen (secondary N) is 1. The Hall–Kier alpha value is -1.05. The zero-order valence-corrected chi connectivity index (χ0v) is 14.7. The van der Waals surface area contributed by atoms with Crippen molar-refractivity contribution in [1.29, 1.82) is 0 Å². The summed E-state index contributed by atoms with van der Waals surface area (Å²) in [6, 6.07) is 1.79. The molecule has 0 unspecified atom stereocenters. The minimum atomic E-state index is -0.591. The largest absolute Gasteiger partial charge is 0.379 e. The van der Waals surface area contributed by atoms with Gasteiger partial charge in [-0.3, -0.25) is 10.1 Å². The van der Waals surface area contributed by atoms with E-state index >= 15 is 0 Å². The number of hydrogen-bond acceptors (Lipinski definition) is 6. The molecule has 0 aromatic carbocycles. The summed E-state index contributed by atoms with van der Waals surface area (Å²) in [6.07, 6.45) is 0. The van der Waals surface area contributed by atoms with Gasteiger partial charge in [-0.1, -0.05) is 37.9 Å². The van der Waals surface area contributed by atoms with Gasteiger partial charge < -0.3 is 9.26 Å². The molecule has 22 heavy (non-hydrogen) atoms. The van der Waals surface area contributed by atoms with Gasteiger partial charge in [0.15, 0.2) is 0 Å². The van der Waals surface area contributed by atoms with E-state index < -0.39 is 4.75 Å². The third-order valence-corrected chi connectivity index (χ3v) is 4.65. The summed E-state index contributed by atoms with van der Waals surface area (Å²) in [4.78, 5) is 12.5. The molecule has 0 radical (unpaired) electrons. The predicted octanol–water partition coefficient (Wildman–Crippen LogP) is 2.67. The number of carbonyl (C=O) groups is 1. The van der Waals surface area contributed by atoms with Gasteiger partial charge >= 0.3 is 0 Å². The quantitative estimate of drug-likeness (QED) is 0.858. The Bertz CT molecular complexity index is 516. The molecule has 1 aliphatic heterocycles. The molecule has 0 saturated carbocycles. The van der Waals surface area contributed by atoms with Crippen molar-refractivity contribution in [1.82, 2.24) is 9.46 Å². The Morgan fingerprint density at radius 2 is 1.91 bits per heavy atom. The highest BCUT2D eigenvalue weighted by molar-refractivity contribution is 7.99. The van der Waals surface area contributed by atoms with E-state index in [9.17, 15) is 4.79 Å². The second kappa shape index (κ2) is 6.60. The lowest BCUT2D eigenvalue weighted by Crippen LogP contribution is -2.41. The SMILES string of the molecule is CC(C)(SN1CCOCC1)C(=O)Nc1cc(C(C)(C)C)no1. The molecule has 1 fully saturated rings. The minimum Gasteiger partial charge on any atom is -0.379 e. The maximum atomic E-state index is 12.5. The second-order valence-corrected chi connectivity index (χ2v) is 8.64. The molecule has 1 saturated heterocycles. The van der Waals surface area contributed by atoms with Gasteiger partial charge in [0.05, 0.1) is 18.9 Å². The first-order chi connectivity index (χ1) is 10.2. The highest BCUT2D eigenvalue weighted by atomic mass is 32.2. The van der Waals surface area contributed by atoms with Crippen LogP contribution in [0.15, 0.2) is 10.6 Å². The van der Waals surface area contributed by atoms with E-state index in [1.54, 1.807) is 18.0 Å². The first-order valence-corrected chi connectivity index (χ1v) is 8.26. The first-order valence-electron chi connectivity index (χ1n) is 7.49. The molecule has 0 atom stereocenters. The lowest BCUT2D eigenvalue weighted by molar-refractivity contribution is -0.117. The van der Waals surface area contributed by atoms with Crippen LogP contribution in [0.3, 0.4) is 0 Å². The zero-order chi connectivity index (χ0) is 16.4. The fraction of sp³-hybridized carbons (Fsp3) is 0.733. The molecule has 1 aliphatic rings. The van der Waals surface area contributed by atoms with Crippen LogP contribution in [-0.4, -0.2) is 46.4 Å². The molecule has 0 bridgehead atoms. The third-order valence-electron chi connectivity index (χ3n) is 3.39. The second-order valence-electron chi connectivity index (χ2n) is 6.92. The summed E-state index contributed by atoms with van der Waals surface area (Å²) < 4.78 is 12.1. The molecule has 0 aliphatic carbocycles. The molecule has 124 valence electrons. The van der Waals surface area contributed by atoms with Crippen molar-refractivity contribution in [2.45, 2.75) is 44.8 Å². The Kier molecular flexibility index (Phi) is 5.19. The van der Waals surface area contributed by atoms with E-state index in [4.69, 9.17) is 9.26 Å². The number of nitrogens with zero attached hydrogens (tertiary/aromatic N) is 2. The van der Waals surface area contributed by atoms with Gasteiger partial charge in [-0.05, 0) is 13.8 Å². The molecular weight excluding hydrogens is 302 g/mol. The minimum absolute atomic E-state index is 0.0967. The van der Waals surface area contributed by atoms with E-state index in [1.165, 1.54) is 0 Å². The van der Waals surface area contributed by atoms with Crippen molar-refractivity contribution in [3.8, 4) is 0 Å². The van der Waals surface area contributed by atoms with Crippen LogP contribution < -0.4 is 5.32 Å². The van der Waals surface area contributed by atoms with Crippen LogP contribution >= 0.6 is 11.9 Å². The molecule has 2 heterocycles. The van der Waals surface area contributed by atoms with Gasteiger partial charge in [0.2, 0.25) is 11.8 Å². The highest BCUT2D eigenvalue weighted by Crippen LogP contribution is 2.31. The first kappa shape index (κ1) is 17.3. The lowest BCUT2D eigenvalue weighted by atomic mass is 9.92. The Morgan fingerprint density at radius 3 is 2.45 bits per heavy atom. The van der Waals surface area contributed by atoms with Crippen LogP contribution in [0.2, 0.25) is 0 Å². The summed E-state index contributed by atoms with van der Waals surface area (Å²) in [5.74, 6) is 0.297.